The molecule has 0 aliphatic rings. The Labute approximate surface area is 106 Å². The zero-order valence-corrected chi connectivity index (χ0v) is 10.2. The Bertz CT molecular complexity index is 590. The zero-order chi connectivity index (χ0) is 13.0. The molecule has 0 aliphatic heterocycles. The van der Waals surface area contributed by atoms with Crippen LogP contribution in [0, 0.1) is 0 Å². The fraction of sp³-hybridized carbons (Fsp3) is 0.133. The molecule has 2 aromatic rings. The van der Waals surface area contributed by atoms with Crippen molar-refractivity contribution in [1.29, 1.82) is 0 Å². The van der Waals surface area contributed by atoms with E-state index < -0.39 is 0 Å². The van der Waals surface area contributed by atoms with Crippen molar-refractivity contribution in [2.45, 2.75) is 13.0 Å². The highest BCUT2D eigenvalue weighted by Gasteiger charge is 2.08. The third-order valence-electron chi connectivity index (χ3n) is 2.76. The topological polar surface area (TPSA) is 41.8 Å². The molecule has 0 saturated heterocycles. The molecule has 0 aliphatic carbocycles. The van der Waals surface area contributed by atoms with Crippen LogP contribution in [0.3, 0.4) is 0 Å². The molecule has 1 unspecified atom stereocenters. The average Bonchev–Trinajstić information content (AvgIpc) is 2.41. The predicted molar refractivity (Wildman–Crippen MR) is 73.6 cm³/mol. The second-order valence-corrected chi connectivity index (χ2v) is 4.00. The Morgan fingerprint density at radius 2 is 2.06 bits per heavy atom. The molecule has 3 heteroatoms. The maximum atomic E-state index is 8.79. The molecule has 0 fully saturated rings. The normalized spacial score (nSPS) is 12.7. The van der Waals surface area contributed by atoms with Crippen molar-refractivity contribution in [2.75, 3.05) is 0 Å². The number of nitrogens with zero attached hydrogens (tertiary/aromatic N) is 1. The van der Waals surface area contributed by atoms with Crippen LogP contribution in [-0.4, -0.2) is 17.5 Å². The standard InChI is InChI=1S/C15H15NO2/c1-3-11(2)18-15-9-8-12-6-4-5-7-13(12)14(15)10-16-17/h3-11,17H,1H2,2H3/b16-10+. The summed E-state index contributed by atoms with van der Waals surface area (Å²) in [4.78, 5) is 0. The number of rotatable bonds is 4. The molecule has 0 bridgehead atoms. The van der Waals surface area contributed by atoms with Gasteiger partial charge < -0.3 is 9.94 Å². The Balaban J connectivity index is 2.58. The van der Waals surface area contributed by atoms with E-state index in [-0.39, 0.29) is 6.10 Å². The summed E-state index contributed by atoms with van der Waals surface area (Å²) in [5.41, 5.74) is 0.768. The van der Waals surface area contributed by atoms with Gasteiger partial charge >= 0.3 is 0 Å². The Hall–Kier alpha value is -2.29. The molecule has 92 valence electrons. The maximum absolute atomic E-state index is 8.79. The van der Waals surface area contributed by atoms with Gasteiger partial charge in [0.05, 0.1) is 6.21 Å². The SMILES string of the molecule is C=CC(C)Oc1ccc2ccccc2c1/C=N/O. The van der Waals surface area contributed by atoms with E-state index in [0.29, 0.717) is 5.75 Å². The van der Waals surface area contributed by atoms with Gasteiger partial charge in [0.1, 0.15) is 11.9 Å². The number of fused-ring (bicyclic) bond motifs is 1. The van der Waals surface area contributed by atoms with Crippen molar-refractivity contribution in [1.82, 2.24) is 0 Å². The molecule has 2 aromatic carbocycles. The quantitative estimate of drug-likeness (QED) is 0.384. The average molecular weight is 241 g/mol. The lowest BCUT2D eigenvalue weighted by atomic mass is 10.0. The minimum absolute atomic E-state index is 0.1000. The summed E-state index contributed by atoms with van der Waals surface area (Å²) in [6.07, 6.45) is 3.01. The van der Waals surface area contributed by atoms with Gasteiger partial charge in [0.15, 0.2) is 0 Å². The molecular weight excluding hydrogens is 226 g/mol. The van der Waals surface area contributed by atoms with E-state index >= 15 is 0 Å². The molecule has 3 nitrogen and oxygen atoms in total. The number of hydrogen-bond acceptors (Lipinski definition) is 3. The van der Waals surface area contributed by atoms with Crippen molar-refractivity contribution >= 4 is 17.0 Å². The maximum Gasteiger partial charge on any atom is 0.129 e. The van der Waals surface area contributed by atoms with E-state index in [2.05, 4.69) is 11.7 Å². The highest BCUT2D eigenvalue weighted by atomic mass is 16.5. The first-order valence-electron chi connectivity index (χ1n) is 5.74. The van der Waals surface area contributed by atoms with Gasteiger partial charge in [0.2, 0.25) is 0 Å². The lowest BCUT2D eigenvalue weighted by molar-refractivity contribution is 0.270. The molecule has 2 rings (SSSR count). The van der Waals surface area contributed by atoms with Gasteiger partial charge in [0, 0.05) is 5.56 Å². The summed E-state index contributed by atoms with van der Waals surface area (Å²) in [5, 5.41) is 14.0. The first-order valence-corrected chi connectivity index (χ1v) is 5.74. The molecule has 0 radical (unpaired) electrons. The summed E-state index contributed by atoms with van der Waals surface area (Å²) >= 11 is 0. The van der Waals surface area contributed by atoms with Crippen molar-refractivity contribution < 1.29 is 9.94 Å². The van der Waals surface area contributed by atoms with Crippen LogP contribution in [0.15, 0.2) is 54.2 Å². The summed E-state index contributed by atoms with van der Waals surface area (Å²) < 4.78 is 5.73. The number of benzene rings is 2. The molecule has 0 heterocycles. The molecule has 0 amide bonds. The molecular formula is C15H15NO2. The molecule has 0 saturated carbocycles. The molecule has 0 aromatic heterocycles. The van der Waals surface area contributed by atoms with Gasteiger partial charge in [-0.15, -0.1) is 0 Å². The van der Waals surface area contributed by atoms with Crippen LogP contribution in [0.5, 0.6) is 5.75 Å². The van der Waals surface area contributed by atoms with Gasteiger partial charge in [0.25, 0.3) is 0 Å². The predicted octanol–water partition coefficient (Wildman–Crippen LogP) is 3.60. The zero-order valence-electron chi connectivity index (χ0n) is 10.2. The molecule has 18 heavy (non-hydrogen) atoms. The third-order valence-corrected chi connectivity index (χ3v) is 2.76. The van der Waals surface area contributed by atoms with Crippen molar-refractivity contribution in [3.63, 3.8) is 0 Å². The second kappa shape index (κ2) is 5.36. The first kappa shape index (κ1) is 12.2. The lowest BCUT2D eigenvalue weighted by Crippen LogP contribution is -2.09. The summed E-state index contributed by atoms with van der Waals surface area (Å²) in [5.74, 6) is 0.680. The van der Waals surface area contributed by atoms with Gasteiger partial charge in [-0.3, -0.25) is 0 Å². The van der Waals surface area contributed by atoms with Crippen LogP contribution >= 0.6 is 0 Å². The van der Waals surface area contributed by atoms with Crippen molar-refractivity contribution in [3.05, 3.63) is 54.6 Å². The van der Waals surface area contributed by atoms with Gasteiger partial charge in [-0.05, 0) is 23.8 Å². The Morgan fingerprint density at radius 3 is 2.78 bits per heavy atom. The first-order chi connectivity index (χ1) is 8.76. The van der Waals surface area contributed by atoms with E-state index in [0.717, 1.165) is 16.3 Å². The smallest absolute Gasteiger partial charge is 0.129 e. The van der Waals surface area contributed by atoms with Gasteiger partial charge in [-0.2, -0.15) is 0 Å². The van der Waals surface area contributed by atoms with Crippen molar-refractivity contribution in [3.8, 4) is 5.75 Å². The Kier molecular flexibility index (Phi) is 3.63. The minimum atomic E-state index is -0.1000. The van der Waals surface area contributed by atoms with Crippen LogP contribution in [0.4, 0.5) is 0 Å². The van der Waals surface area contributed by atoms with E-state index in [4.69, 9.17) is 9.94 Å². The monoisotopic (exact) mass is 241 g/mol. The number of ether oxygens (including phenoxy) is 1. The fourth-order valence-corrected chi connectivity index (χ4v) is 1.82. The van der Waals surface area contributed by atoms with E-state index in [1.807, 2.05) is 43.3 Å². The second-order valence-electron chi connectivity index (χ2n) is 4.00. The van der Waals surface area contributed by atoms with Gasteiger partial charge in [-0.25, -0.2) is 0 Å². The number of hydrogen-bond donors (Lipinski definition) is 1. The highest BCUT2D eigenvalue weighted by molar-refractivity contribution is 6.02. The van der Waals surface area contributed by atoms with Crippen LogP contribution < -0.4 is 4.74 Å². The molecule has 1 N–H and O–H groups in total. The van der Waals surface area contributed by atoms with E-state index in [9.17, 15) is 0 Å². The van der Waals surface area contributed by atoms with Crippen LogP contribution in [0.1, 0.15) is 12.5 Å². The summed E-state index contributed by atoms with van der Waals surface area (Å²) in [6, 6.07) is 11.7. The minimum Gasteiger partial charge on any atom is -0.486 e. The Morgan fingerprint density at radius 1 is 1.28 bits per heavy atom. The van der Waals surface area contributed by atoms with Crippen LogP contribution in [0.2, 0.25) is 0 Å². The fourth-order valence-electron chi connectivity index (χ4n) is 1.82. The summed E-state index contributed by atoms with van der Waals surface area (Å²) in [6.45, 7) is 5.59. The van der Waals surface area contributed by atoms with E-state index in [1.165, 1.54) is 6.21 Å². The largest absolute Gasteiger partial charge is 0.486 e. The molecule has 0 spiro atoms. The lowest BCUT2D eigenvalue weighted by Gasteiger charge is -2.14. The van der Waals surface area contributed by atoms with Crippen molar-refractivity contribution in [2.24, 2.45) is 5.16 Å². The number of oxime groups is 1. The van der Waals surface area contributed by atoms with Crippen LogP contribution in [-0.2, 0) is 0 Å². The summed E-state index contributed by atoms with van der Waals surface area (Å²) in [7, 11) is 0. The van der Waals surface area contributed by atoms with E-state index in [1.54, 1.807) is 6.08 Å². The third kappa shape index (κ3) is 2.35. The highest BCUT2D eigenvalue weighted by Crippen LogP contribution is 2.27. The van der Waals surface area contributed by atoms with Crippen LogP contribution in [0.25, 0.3) is 10.8 Å². The molecule has 1 atom stereocenters. The van der Waals surface area contributed by atoms with Gasteiger partial charge in [-0.1, -0.05) is 48.1 Å².